The number of rotatable bonds is 9. The number of nitrogens with zero attached hydrogens (tertiary/aromatic N) is 1. The van der Waals surface area contributed by atoms with Gasteiger partial charge in [0.1, 0.15) is 0 Å². The Hall–Kier alpha value is -3.52. The molecule has 0 aliphatic carbocycles. The van der Waals surface area contributed by atoms with Crippen molar-refractivity contribution in [1.29, 1.82) is 0 Å². The number of sulfone groups is 1. The van der Waals surface area contributed by atoms with Gasteiger partial charge in [-0.3, -0.25) is 14.6 Å². The largest absolute Gasteiger partial charge is 0.352 e. The molecule has 0 aliphatic rings. The number of carbonyl (C=O) groups excluding carboxylic acids is 2. The zero-order valence-electron chi connectivity index (χ0n) is 16.8. The van der Waals surface area contributed by atoms with Crippen molar-refractivity contribution in [2.75, 3.05) is 6.54 Å². The number of aromatic nitrogens is 1. The van der Waals surface area contributed by atoms with E-state index in [1.165, 1.54) is 0 Å². The number of hydrogen-bond acceptors (Lipinski definition) is 5. The second-order valence-electron chi connectivity index (χ2n) is 6.91. The molecule has 2 amide bonds. The quantitative estimate of drug-likeness (QED) is 0.535. The SMILES string of the molecule is O=C(CCNC(=O)c1ccc(CS(=O)(=O)c2ccccc2)cc1)NCc1ccncc1. The van der Waals surface area contributed by atoms with Crippen molar-refractivity contribution < 1.29 is 18.0 Å². The van der Waals surface area contributed by atoms with Crippen LogP contribution in [0.3, 0.4) is 0 Å². The van der Waals surface area contributed by atoms with E-state index in [-0.39, 0.29) is 35.4 Å². The summed E-state index contributed by atoms with van der Waals surface area (Å²) in [4.78, 5) is 28.3. The second kappa shape index (κ2) is 10.5. The third-order valence-electron chi connectivity index (χ3n) is 4.55. The molecule has 0 saturated carbocycles. The van der Waals surface area contributed by atoms with Gasteiger partial charge in [-0.1, -0.05) is 30.3 Å². The molecular formula is C23H23N3O4S. The summed E-state index contributed by atoms with van der Waals surface area (Å²) in [6.07, 6.45) is 3.47. The standard InChI is InChI=1S/C23H23N3O4S/c27-22(26-16-18-10-13-24-14-11-18)12-15-25-23(28)20-8-6-19(7-9-20)17-31(29,30)21-4-2-1-3-5-21/h1-11,13-14H,12,15-17H2,(H,25,28)(H,26,27). The number of nitrogens with one attached hydrogen (secondary N) is 2. The molecule has 160 valence electrons. The Bertz CT molecular complexity index is 1120. The fraction of sp³-hybridized carbons (Fsp3) is 0.174. The molecule has 0 radical (unpaired) electrons. The monoisotopic (exact) mass is 437 g/mol. The molecule has 3 aromatic rings. The molecule has 0 saturated heterocycles. The van der Waals surface area contributed by atoms with Crippen LogP contribution in [0.15, 0.2) is 84.0 Å². The number of carbonyl (C=O) groups is 2. The van der Waals surface area contributed by atoms with E-state index in [9.17, 15) is 18.0 Å². The van der Waals surface area contributed by atoms with Crippen LogP contribution in [0.25, 0.3) is 0 Å². The zero-order valence-corrected chi connectivity index (χ0v) is 17.6. The molecule has 0 atom stereocenters. The van der Waals surface area contributed by atoms with Crippen LogP contribution in [-0.2, 0) is 26.9 Å². The highest BCUT2D eigenvalue weighted by molar-refractivity contribution is 7.90. The average Bonchev–Trinajstić information content (AvgIpc) is 2.79. The van der Waals surface area contributed by atoms with Crippen LogP contribution >= 0.6 is 0 Å². The molecule has 2 aromatic carbocycles. The van der Waals surface area contributed by atoms with Crippen molar-refractivity contribution >= 4 is 21.7 Å². The topological polar surface area (TPSA) is 105 Å². The lowest BCUT2D eigenvalue weighted by Gasteiger charge is -2.08. The van der Waals surface area contributed by atoms with Crippen LogP contribution in [0.1, 0.15) is 27.9 Å². The summed E-state index contributed by atoms with van der Waals surface area (Å²) in [5.41, 5.74) is 1.94. The molecular weight excluding hydrogens is 414 g/mol. The molecule has 0 fully saturated rings. The fourth-order valence-electron chi connectivity index (χ4n) is 2.86. The Kier molecular flexibility index (Phi) is 7.50. The van der Waals surface area contributed by atoms with Crippen molar-refractivity contribution in [3.63, 3.8) is 0 Å². The maximum absolute atomic E-state index is 12.4. The summed E-state index contributed by atoms with van der Waals surface area (Å²) in [6.45, 7) is 0.605. The minimum absolute atomic E-state index is 0.142. The van der Waals surface area contributed by atoms with Crippen LogP contribution < -0.4 is 10.6 Å². The van der Waals surface area contributed by atoms with E-state index in [0.29, 0.717) is 17.7 Å². The third kappa shape index (κ3) is 6.75. The van der Waals surface area contributed by atoms with E-state index in [1.807, 2.05) is 12.1 Å². The number of hydrogen-bond donors (Lipinski definition) is 2. The second-order valence-corrected chi connectivity index (χ2v) is 8.90. The minimum atomic E-state index is -3.44. The van der Waals surface area contributed by atoms with Gasteiger partial charge >= 0.3 is 0 Å². The first-order chi connectivity index (χ1) is 14.9. The van der Waals surface area contributed by atoms with Crippen LogP contribution in [0.5, 0.6) is 0 Å². The molecule has 0 unspecified atom stereocenters. The van der Waals surface area contributed by atoms with Gasteiger partial charge in [-0.2, -0.15) is 0 Å². The van der Waals surface area contributed by atoms with E-state index in [4.69, 9.17) is 0 Å². The number of benzene rings is 2. The van der Waals surface area contributed by atoms with Crippen molar-refractivity contribution in [2.24, 2.45) is 0 Å². The smallest absolute Gasteiger partial charge is 0.251 e. The Morgan fingerprint density at radius 1 is 0.806 bits per heavy atom. The van der Waals surface area contributed by atoms with Gasteiger partial charge in [0.05, 0.1) is 10.6 Å². The minimum Gasteiger partial charge on any atom is -0.352 e. The van der Waals surface area contributed by atoms with E-state index in [1.54, 1.807) is 67.0 Å². The summed E-state index contributed by atoms with van der Waals surface area (Å²) < 4.78 is 24.9. The lowest BCUT2D eigenvalue weighted by molar-refractivity contribution is -0.121. The highest BCUT2D eigenvalue weighted by Gasteiger charge is 2.15. The Labute approximate surface area is 181 Å². The van der Waals surface area contributed by atoms with Crippen molar-refractivity contribution in [2.45, 2.75) is 23.6 Å². The van der Waals surface area contributed by atoms with Gasteiger partial charge in [0.2, 0.25) is 5.91 Å². The van der Waals surface area contributed by atoms with Gasteiger partial charge < -0.3 is 10.6 Å². The number of pyridine rings is 1. The molecule has 0 bridgehead atoms. The average molecular weight is 438 g/mol. The van der Waals surface area contributed by atoms with Crippen LogP contribution in [0, 0.1) is 0 Å². The maximum Gasteiger partial charge on any atom is 0.251 e. The summed E-state index contributed by atoms with van der Waals surface area (Å²) in [5, 5.41) is 5.47. The fourth-order valence-corrected chi connectivity index (χ4v) is 4.23. The normalized spacial score (nSPS) is 11.0. The molecule has 0 aliphatic heterocycles. The van der Waals surface area contributed by atoms with Crippen LogP contribution in [-0.4, -0.2) is 31.8 Å². The zero-order chi connectivity index (χ0) is 22.1. The van der Waals surface area contributed by atoms with Crippen molar-refractivity contribution in [3.05, 3.63) is 95.8 Å². The highest BCUT2D eigenvalue weighted by atomic mass is 32.2. The first-order valence-electron chi connectivity index (χ1n) is 9.74. The van der Waals surface area contributed by atoms with Gasteiger partial charge in [0.15, 0.2) is 9.84 Å². The summed E-state index contributed by atoms with van der Waals surface area (Å²) in [6, 6.07) is 18.3. The Morgan fingerprint density at radius 3 is 2.16 bits per heavy atom. The van der Waals surface area contributed by atoms with E-state index in [2.05, 4.69) is 15.6 Å². The van der Waals surface area contributed by atoms with Gasteiger partial charge in [-0.15, -0.1) is 0 Å². The predicted octanol–water partition coefficient (Wildman–Crippen LogP) is 2.49. The van der Waals surface area contributed by atoms with Crippen LogP contribution in [0.4, 0.5) is 0 Å². The molecule has 31 heavy (non-hydrogen) atoms. The van der Waals surface area contributed by atoms with Gasteiger partial charge in [0, 0.05) is 37.5 Å². The number of amides is 2. The van der Waals surface area contributed by atoms with Crippen LogP contribution in [0.2, 0.25) is 0 Å². The van der Waals surface area contributed by atoms with E-state index in [0.717, 1.165) is 5.56 Å². The molecule has 2 N–H and O–H groups in total. The van der Waals surface area contributed by atoms with E-state index < -0.39 is 9.84 Å². The summed E-state index contributed by atoms with van der Waals surface area (Å²) >= 11 is 0. The van der Waals surface area contributed by atoms with Crippen molar-refractivity contribution in [3.8, 4) is 0 Å². The lowest BCUT2D eigenvalue weighted by atomic mass is 10.1. The van der Waals surface area contributed by atoms with Gasteiger partial charge in [-0.25, -0.2) is 8.42 Å². The first kappa shape index (κ1) is 22.2. The molecule has 8 heteroatoms. The maximum atomic E-state index is 12.4. The highest BCUT2D eigenvalue weighted by Crippen LogP contribution is 2.16. The molecule has 3 rings (SSSR count). The molecule has 1 heterocycles. The summed E-state index contributed by atoms with van der Waals surface area (Å²) in [7, 11) is -3.44. The van der Waals surface area contributed by atoms with Crippen molar-refractivity contribution in [1.82, 2.24) is 15.6 Å². The summed E-state index contributed by atoms with van der Waals surface area (Å²) in [5.74, 6) is -0.630. The third-order valence-corrected chi connectivity index (χ3v) is 6.26. The van der Waals surface area contributed by atoms with Gasteiger partial charge in [0.25, 0.3) is 5.91 Å². The molecule has 1 aromatic heterocycles. The van der Waals surface area contributed by atoms with Gasteiger partial charge in [-0.05, 0) is 47.5 Å². The predicted molar refractivity (Wildman–Crippen MR) is 117 cm³/mol. The van der Waals surface area contributed by atoms with E-state index >= 15 is 0 Å². The lowest BCUT2D eigenvalue weighted by Crippen LogP contribution is -2.30. The first-order valence-corrected chi connectivity index (χ1v) is 11.4. The Morgan fingerprint density at radius 2 is 1.48 bits per heavy atom. The molecule has 7 nitrogen and oxygen atoms in total. The Balaban J connectivity index is 1.45. The molecule has 0 spiro atoms.